The molecule has 1 aromatic heterocycles. The third kappa shape index (κ3) is 2.52. The highest BCUT2D eigenvalue weighted by molar-refractivity contribution is 5.93. The first-order valence-corrected chi connectivity index (χ1v) is 6.13. The highest BCUT2D eigenvalue weighted by Crippen LogP contribution is 2.33. The van der Waals surface area contributed by atoms with Crippen LogP contribution in [-0.2, 0) is 6.18 Å². The fourth-order valence-corrected chi connectivity index (χ4v) is 2.15. The molecule has 0 atom stereocenters. The maximum absolute atomic E-state index is 12.8. The number of nitrogens with two attached hydrogens (primary N) is 1. The van der Waals surface area contributed by atoms with E-state index in [0.717, 1.165) is 12.1 Å². The van der Waals surface area contributed by atoms with Crippen LogP contribution in [0.2, 0.25) is 0 Å². The Hall–Kier alpha value is -2.63. The first-order valence-electron chi connectivity index (χ1n) is 6.13. The zero-order valence-corrected chi connectivity index (χ0v) is 10.7. The highest BCUT2D eigenvalue weighted by Gasteiger charge is 2.30. The summed E-state index contributed by atoms with van der Waals surface area (Å²) in [4.78, 5) is 8.20. The number of halogens is 3. The standard InChI is InChI=1S/C15H10F3N3/c16-15(17,18)10-3-1-2-9(6-10)14-12-5-4-11(19)7-13(12)20-8-21-14/h1-8H,19H2. The van der Waals surface area contributed by atoms with Gasteiger partial charge in [0, 0.05) is 16.6 Å². The van der Waals surface area contributed by atoms with Crippen molar-refractivity contribution in [1.82, 2.24) is 9.97 Å². The Kier molecular flexibility index (Phi) is 3.01. The minimum absolute atomic E-state index is 0.391. The molecule has 0 aliphatic carbocycles. The number of hydrogen-bond donors (Lipinski definition) is 1. The van der Waals surface area contributed by atoms with Gasteiger partial charge in [-0.05, 0) is 30.3 Å². The van der Waals surface area contributed by atoms with E-state index >= 15 is 0 Å². The van der Waals surface area contributed by atoms with Crippen LogP contribution >= 0.6 is 0 Å². The lowest BCUT2D eigenvalue weighted by atomic mass is 10.0. The monoisotopic (exact) mass is 289 g/mol. The third-order valence-electron chi connectivity index (χ3n) is 3.12. The molecule has 0 radical (unpaired) electrons. The maximum atomic E-state index is 12.8. The van der Waals surface area contributed by atoms with E-state index in [4.69, 9.17) is 5.73 Å². The van der Waals surface area contributed by atoms with Gasteiger partial charge in [-0.25, -0.2) is 9.97 Å². The Bertz CT molecular complexity index is 813. The maximum Gasteiger partial charge on any atom is 0.416 e. The average Bonchev–Trinajstić information content (AvgIpc) is 2.45. The summed E-state index contributed by atoms with van der Waals surface area (Å²) in [6.07, 6.45) is -3.07. The van der Waals surface area contributed by atoms with Crippen LogP contribution in [0.3, 0.4) is 0 Å². The molecule has 3 aromatic rings. The van der Waals surface area contributed by atoms with Crippen LogP contribution in [0.1, 0.15) is 5.56 Å². The first kappa shape index (κ1) is 13.4. The van der Waals surface area contributed by atoms with Gasteiger partial charge in [0.15, 0.2) is 0 Å². The molecule has 0 fully saturated rings. The second kappa shape index (κ2) is 4.73. The number of hydrogen-bond acceptors (Lipinski definition) is 3. The minimum atomic E-state index is -4.39. The third-order valence-corrected chi connectivity index (χ3v) is 3.12. The van der Waals surface area contributed by atoms with Gasteiger partial charge in [0.05, 0.1) is 16.8 Å². The summed E-state index contributed by atoms with van der Waals surface area (Å²) in [5.74, 6) is 0. The van der Waals surface area contributed by atoms with Crippen molar-refractivity contribution in [2.24, 2.45) is 0 Å². The molecule has 0 aliphatic heterocycles. The van der Waals surface area contributed by atoms with Crippen molar-refractivity contribution >= 4 is 16.6 Å². The number of aromatic nitrogens is 2. The van der Waals surface area contributed by atoms with Crippen molar-refractivity contribution in [3.8, 4) is 11.3 Å². The summed E-state index contributed by atoms with van der Waals surface area (Å²) in [5.41, 5.74) is 6.95. The van der Waals surface area contributed by atoms with Crippen molar-refractivity contribution in [1.29, 1.82) is 0 Å². The number of nitrogen functional groups attached to an aromatic ring is 1. The Morgan fingerprint density at radius 2 is 1.76 bits per heavy atom. The molecule has 2 aromatic carbocycles. The molecule has 0 bridgehead atoms. The summed E-state index contributed by atoms with van der Waals surface area (Å²) < 4.78 is 38.4. The van der Waals surface area contributed by atoms with Crippen LogP contribution in [0.15, 0.2) is 48.8 Å². The van der Waals surface area contributed by atoms with Crippen molar-refractivity contribution in [2.75, 3.05) is 5.73 Å². The molecule has 3 rings (SSSR count). The van der Waals surface area contributed by atoms with Crippen LogP contribution in [-0.4, -0.2) is 9.97 Å². The SMILES string of the molecule is Nc1ccc2c(-c3cccc(C(F)(F)F)c3)ncnc2c1. The normalized spacial score (nSPS) is 11.8. The summed E-state index contributed by atoms with van der Waals surface area (Å²) in [6, 6.07) is 10.1. The summed E-state index contributed by atoms with van der Waals surface area (Å²) in [6.45, 7) is 0. The molecule has 106 valence electrons. The van der Waals surface area contributed by atoms with Gasteiger partial charge in [-0.2, -0.15) is 13.2 Å². The largest absolute Gasteiger partial charge is 0.416 e. The van der Waals surface area contributed by atoms with Crippen molar-refractivity contribution in [3.05, 3.63) is 54.4 Å². The zero-order valence-electron chi connectivity index (χ0n) is 10.7. The molecule has 0 amide bonds. The fourth-order valence-electron chi connectivity index (χ4n) is 2.15. The van der Waals surface area contributed by atoms with E-state index in [2.05, 4.69) is 9.97 Å². The zero-order chi connectivity index (χ0) is 15.0. The van der Waals surface area contributed by atoms with Crippen molar-refractivity contribution < 1.29 is 13.2 Å². The van der Waals surface area contributed by atoms with E-state index < -0.39 is 11.7 Å². The summed E-state index contributed by atoms with van der Waals surface area (Å²) in [5, 5.41) is 0.658. The predicted molar refractivity (Wildman–Crippen MR) is 74.4 cm³/mol. The van der Waals surface area contributed by atoms with Crippen LogP contribution in [0.4, 0.5) is 18.9 Å². The molecule has 0 unspecified atom stereocenters. The van der Waals surface area contributed by atoms with Crippen LogP contribution < -0.4 is 5.73 Å². The topological polar surface area (TPSA) is 51.8 Å². The predicted octanol–water partition coefficient (Wildman–Crippen LogP) is 3.90. The minimum Gasteiger partial charge on any atom is -0.399 e. The molecule has 0 spiro atoms. The molecule has 3 nitrogen and oxygen atoms in total. The summed E-state index contributed by atoms with van der Waals surface area (Å²) >= 11 is 0. The van der Waals surface area contributed by atoms with E-state index in [1.165, 1.54) is 12.4 Å². The lowest BCUT2D eigenvalue weighted by Crippen LogP contribution is -2.04. The number of anilines is 1. The van der Waals surface area contributed by atoms with Gasteiger partial charge in [-0.3, -0.25) is 0 Å². The van der Waals surface area contributed by atoms with Gasteiger partial charge >= 0.3 is 6.18 Å². The number of rotatable bonds is 1. The van der Waals surface area contributed by atoms with E-state index in [9.17, 15) is 13.2 Å². The number of benzene rings is 2. The van der Waals surface area contributed by atoms with Crippen molar-refractivity contribution in [2.45, 2.75) is 6.18 Å². The van der Waals surface area contributed by atoms with E-state index in [-0.39, 0.29) is 0 Å². The second-order valence-corrected chi connectivity index (χ2v) is 4.58. The van der Waals surface area contributed by atoms with Crippen molar-refractivity contribution in [3.63, 3.8) is 0 Å². The molecule has 0 aliphatic rings. The van der Waals surface area contributed by atoms with Gasteiger partial charge in [0.2, 0.25) is 0 Å². The fraction of sp³-hybridized carbons (Fsp3) is 0.0667. The lowest BCUT2D eigenvalue weighted by Gasteiger charge is -2.10. The highest BCUT2D eigenvalue weighted by atomic mass is 19.4. The van der Waals surface area contributed by atoms with Gasteiger partial charge in [0.1, 0.15) is 6.33 Å². The molecule has 1 heterocycles. The average molecular weight is 289 g/mol. The van der Waals surface area contributed by atoms with Gasteiger partial charge in [-0.15, -0.1) is 0 Å². The van der Waals surface area contributed by atoms with E-state index in [1.807, 2.05) is 0 Å². The van der Waals surface area contributed by atoms with Gasteiger partial charge in [-0.1, -0.05) is 12.1 Å². The van der Waals surface area contributed by atoms with E-state index in [1.54, 1.807) is 24.3 Å². The van der Waals surface area contributed by atoms with E-state index in [0.29, 0.717) is 27.8 Å². The smallest absolute Gasteiger partial charge is 0.399 e. The first-order chi connectivity index (χ1) is 9.95. The van der Waals surface area contributed by atoms with Crippen LogP contribution in [0.5, 0.6) is 0 Å². The summed E-state index contributed by atoms with van der Waals surface area (Å²) in [7, 11) is 0. The van der Waals surface area contributed by atoms with Crippen LogP contribution in [0.25, 0.3) is 22.2 Å². The Labute approximate surface area is 118 Å². The second-order valence-electron chi connectivity index (χ2n) is 4.58. The Morgan fingerprint density at radius 3 is 2.52 bits per heavy atom. The number of nitrogens with zero attached hydrogens (tertiary/aromatic N) is 2. The molecular formula is C15H10F3N3. The quantitative estimate of drug-likeness (QED) is 0.691. The molecule has 0 saturated carbocycles. The van der Waals surface area contributed by atoms with Crippen LogP contribution in [0, 0.1) is 0 Å². The molecular weight excluding hydrogens is 279 g/mol. The lowest BCUT2D eigenvalue weighted by molar-refractivity contribution is -0.137. The Balaban J connectivity index is 2.21. The molecule has 0 saturated heterocycles. The molecule has 2 N–H and O–H groups in total. The molecule has 21 heavy (non-hydrogen) atoms. The van der Waals surface area contributed by atoms with Gasteiger partial charge in [0.25, 0.3) is 0 Å². The van der Waals surface area contributed by atoms with Gasteiger partial charge < -0.3 is 5.73 Å². The molecule has 6 heteroatoms. The number of alkyl halides is 3. The number of fused-ring (bicyclic) bond motifs is 1. The Morgan fingerprint density at radius 1 is 0.952 bits per heavy atom.